The summed E-state index contributed by atoms with van der Waals surface area (Å²) in [6, 6.07) is 10.9. The molecule has 6 nitrogen and oxygen atoms in total. The molecule has 1 heterocycles. The third-order valence-corrected chi connectivity index (χ3v) is 6.72. The number of thioether (sulfide) groups is 1. The largest absolute Gasteiger partial charge is 0.354 e. The monoisotopic (exact) mass is 371 g/mol. The van der Waals surface area contributed by atoms with Crippen molar-refractivity contribution in [3.63, 3.8) is 0 Å². The van der Waals surface area contributed by atoms with E-state index in [1.165, 1.54) is 36.6 Å². The topological polar surface area (TPSA) is 72.7 Å². The van der Waals surface area contributed by atoms with Gasteiger partial charge in [-0.1, -0.05) is 61.4 Å². The Kier molecular flexibility index (Phi) is 5.24. The van der Waals surface area contributed by atoms with Gasteiger partial charge in [-0.3, -0.25) is 4.79 Å². The molecule has 0 unspecified atom stereocenters. The fourth-order valence-corrected chi connectivity index (χ4v) is 4.84. The summed E-state index contributed by atoms with van der Waals surface area (Å²) in [5.41, 5.74) is 1.46. The second-order valence-corrected chi connectivity index (χ2v) is 8.35. The molecule has 0 bridgehead atoms. The van der Waals surface area contributed by atoms with E-state index in [0.717, 1.165) is 30.8 Å². The molecule has 7 heteroatoms. The Labute approximate surface area is 158 Å². The van der Waals surface area contributed by atoms with Gasteiger partial charge in [0.25, 0.3) is 0 Å². The molecule has 138 valence electrons. The number of nitrogens with zero attached hydrogens (tertiary/aromatic N) is 4. The molecule has 2 saturated carbocycles. The lowest BCUT2D eigenvalue weighted by Gasteiger charge is -2.42. The molecule has 2 aliphatic carbocycles. The van der Waals surface area contributed by atoms with Gasteiger partial charge in [-0.25, -0.2) is 4.68 Å². The number of nitrogens with one attached hydrogen (secondary N) is 1. The highest BCUT2D eigenvalue weighted by Gasteiger charge is 2.38. The summed E-state index contributed by atoms with van der Waals surface area (Å²) in [6.07, 6.45) is 8.24. The van der Waals surface area contributed by atoms with E-state index < -0.39 is 0 Å². The van der Waals surface area contributed by atoms with Crippen molar-refractivity contribution in [2.45, 2.75) is 61.6 Å². The van der Waals surface area contributed by atoms with E-state index in [1.807, 2.05) is 10.7 Å². The minimum Gasteiger partial charge on any atom is -0.354 e. The molecular formula is C19H25N5OS. The maximum Gasteiger partial charge on any atom is 0.230 e. The highest BCUT2D eigenvalue weighted by Crippen LogP contribution is 2.43. The molecule has 1 aromatic carbocycles. The average Bonchev–Trinajstić information content (AvgIpc) is 3.31. The predicted molar refractivity (Wildman–Crippen MR) is 101 cm³/mol. The lowest BCUT2D eigenvalue weighted by atomic mass is 9.64. The van der Waals surface area contributed by atoms with Gasteiger partial charge < -0.3 is 5.32 Å². The summed E-state index contributed by atoms with van der Waals surface area (Å²) in [5, 5.41) is 15.9. The highest BCUT2D eigenvalue weighted by atomic mass is 32.2. The van der Waals surface area contributed by atoms with Gasteiger partial charge in [0.15, 0.2) is 0 Å². The molecule has 0 spiro atoms. The van der Waals surface area contributed by atoms with Crippen LogP contribution in [0, 0.1) is 0 Å². The van der Waals surface area contributed by atoms with Crippen molar-refractivity contribution < 1.29 is 4.79 Å². The van der Waals surface area contributed by atoms with Crippen LogP contribution in [0.5, 0.6) is 0 Å². The van der Waals surface area contributed by atoms with Crippen molar-refractivity contribution in [1.29, 1.82) is 0 Å². The number of hydrogen-bond donors (Lipinski definition) is 1. The maximum atomic E-state index is 12.4. The van der Waals surface area contributed by atoms with Crippen LogP contribution in [0.3, 0.4) is 0 Å². The van der Waals surface area contributed by atoms with Gasteiger partial charge in [0.2, 0.25) is 11.1 Å². The molecule has 26 heavy (non-hydrogen) atoms. The number of carbonyl (C=O) groups is 1. The van der Waals surface area contributed by atoms with E-state index >= 15 is 0 Å². The fourth-order valence-electron chi connectivity index (χ4n) is 4.07. The number of benzene rings is 1. The summed E-state index contributed by atoms with van der Waals surface area (Å²) in [5.74, 6) is 0.413. The van der Waals surface area contributed by atoms with Crippen LogP contribution < -0.4 is 5.32 Å². The van der Waals surface area contributed by atoms with Crippen molar-refractivity contribution in [3.05, 3.63) is 35.9 Å². The smallest absolute Gasteiger partial charge is 0.230 e. The number of tetrazole rings is 1. The second-order valence-electron chi connectivity index (χ2n) is 7.41. The van der Waals surface area contributed by atoms with Gasteiger partial charge in [0.05, 0.1) is 11.8 Å². The first-order valence-corrected chi connectivity index (χ1v) is 10.5. The molecule has 1 amide bonds. The van der Waals surface area contributed by atoms with Crippen molar-refractivity contribution >= 4 is 17.7 Å². The van der Waals surface area contributed by atoms with Gasteiger partial charge in [0.1, 0.15) is 0 Å². The van der Waals surface area contributed by atoms with Crippen LogP contribution in [-0.4, -0.2) is 38.4 Å². The van der Waals surface area contributed by atoms with E-state index in [4.69, 9.17) is 0 Å². The molecule has 2 aromatic rings. The van der Waals surface area contributed by atoms with Crippen molar-refractivity contribution in [2.24, 2.45) is 0 Å². The quantitative estimate of drug-likeness (QED) is 0.757. The number of hydrogen-bond acceptors (Lipinski definition) is 5. The summed E-state index contributed by atoms with van der Waals surface area (Å²) < 4.78 is 1.91. The van der Waals surface area contributed by atoms with Gasteiger partial charge in [0, 0.05) is 12.0 Å². The maximum absolute atomic E-state index is 12.4. The number of amides is 1. The van der Waals surface area contributed by atoms with Crippen LogP contribution in [0.2, 0.25) is 0 Å². The molecule has 2 aliphatic rings. The highest BCUT2D eigenvalue weighted by molar-refractivity contribution is 7.99. The Bertz CT molecular complexity index is 737. The van der Waals surface area contributed by atoms with Gasteiger partial charge in [-0.2, -0.15) is 0 Å². The number of aromatic nitrogens is 4. The van der Waals surface area contributed by atoms with E-state index in [2.05, 4.69) is 45.1 Å². The molecule has 0 saturated heterocycles. The van der Waals surface area contributed by atoms with Crippen molar-refractivity contribution in [2.75, 3.05) is 12.3 Å². The molecule has 1 aromatic heterocycles. The zero-order valence-corrected chi connectivity index (χ0v) is 15.7. The fraction of sp³-hybridized carbons (Fsp3) is 0.579. The molecule has 1 N–H and O–H groups in total. The van der Waals surface area contributed by atoms with E-state index in [-0.39, 0.29) is 11.3 Å². The van der Waals surface area contributed by atoms with Gasteiger partial charge in [-0.05, 0) is 41.7 Å². The van der Waals surface area contributed by atoms with E-state index in [9.17, 15) is 4.79 Å². The normalized spacial score (nSPS) is 19.2. The summed E-state index contributed by atoms with van der Waals surface area (Å²) in [6.45, 7) is 0.712. The summed E-state index contributed by atoms with van der Waals surface area (Å²) >= 11 is 1.44. The third-order valence-electron chi connectivity index (χ3n) is 5.79. The lowest BCUT2D eigenvalue weighted by molar-refractivity contribution is -0.119. The first kappa shape index (κ1) is 17.5. The second kappa shape index (κ2) is 7.78. The Hall–Kier alpha value is -1.89. The molecular weight excluding hydrogens is 346 g/mol. The Morgan fingerprint density at radius 2 is 1.96 bits per heavy atom. The molecule has 4 rings (SSSR count). The summed E-state index contributed by atoms with van der Waals surface area (Å²) in [4.78, 5) is 12.4. The predicted octanol–water partition coefficient (Wildman–Crippen LogP) is 3.12. The Morgan fingerprint density at radius 3 is 2.65 bits per heavy atom. The Morgan fingerprint density at radius 1 is 1.19 bits per heavy atom. The zero-order valence-electron chi connectivity index (χ0n) is 14.9. The third kappa shape index (κ3) is 3.63. The first-order valence-electron chi connectivity index (χ1n) is 9.50. The van der Waals surface area contributed by atoms with Crippen LogP contribution in [-0.2, 0) is 10.2 Å². The minimum absolute atomic E-state index is 0.0539. The van der Waals surface area contributed by atoms with Crippen molar-refractivity contribution in [1.82, 2.24) is 25.5 Å². The summed E-state index contributed by atoms with van der Waals surface area (Å²) in [7, 11) is 0. The van der Waals surface area contributed by atoms with Gasteiger partial charge in [-0.15, -0.1) is 5.10 Å². The average molecular weight is 372 g/mol. The van der Waals surface area contributed by atoms with Crippen LogP contribution in [0.4, 0.5) is 0 Å². The Balaban J connectivity index is 1.30. The van der Waals surface area contributed by atoms with Crippen LogP contribution in [0.15, 0.2) is 35.5 Å². The molecule has 0 aliphatic heterocycles. The minimum atomic E-state index is 0.0539. The van der Waals surface area contributed by atoms with E-state index in [1.54, 1.807) is 0 Å². The first-order chi connectivity index (χ1) is 12.8. The van der Waals surface area contributed by atoms with E-state index in [0.29, 0.717) is 18.3 Å². The van der Waals surface area contributed by atoms with Crippen LogP contribution in [0.1, 0.15) is 56.6 Å². The molecule has 0 atom stereocenters. The number of carbonyl (C=O) groups excluding carboxylic acids is 1. The standard InChI is InChI=1S/C19H25N5OS/c25-17(13-26-18-21-22-23-24(18)16-9-4-5-10-16)20-14-19(11-6-12-19)15-7-2-1-3-8-15/h1-3,7-8,16H,4-6,9-14H2,(H,20,25). The molecule has 0 radical (unpaired) electrons. The molecule has 2 fully saturated rings. The van der Waals surface area contributed by atoms with Crippen LogP contribution in [0.25, 0.3) is 0 Å². The SMILES string of the molecule is O=C(CSc1nnnn1C1CCCC1)NCC1(c2ccccc2)CCC1. The van der Waals surface area contributed by atoms with Crippen LogP contribution >= 0.6 is 11.8 Å². The van der Waals surface area contributed by atoms with Gasteiger partial charge >= 0.3 is 0 Å². The zero-order chi connectivity index (χ0) is 17.8. The van der Waals surface area contributed by atoms with Crippen molar-refractivity contribution in [3.8, 4) is 0 Å². The lowest BCUT2D eigenvalue weighted by Crippen LogP contribution is -2.46. The number of rotatable bonds is 7.